The minimum absolute atomic E-state index is 0.999. The monoisotopic (exact) mass is 246 g/mol. The lowest BCUT2D eigenvalue weighted by molar-refractivity contribution is 1.45. The van der Waals surface area contributed by atoms with Gasteiger partial charge in [0, 0.05) is 6.07 Å². The fourth-order valence-electron chi connectivity index (χ4n) is 1.20. The van der Waals surface area contributed by atoms with Crippen molar-refractivity contribution in [2.24, 2.45) is 0 Å². The van der Waals surface area contributed by atoms with E-state index in [1.807, 2.05) is 58.5 Å². The molecule has 0 aliphatic heterocycles. The predicted octanol–water partition coefficient (Wildman–Crippen LogP) is 3.93. The number of benzene rings is 2. The van der Waals surface area contributed by atoms with E-state index in [-0.39, 0.29) is 0 Å². The van der Waals surface area contributed by atoms with Crippen molar-refractivity contribution in [3.8, 4) is 0 Å². The van der Waals surface area contributed by atoms with Gasteiger partial charge in [-0.3, -0.25) is 3.93 Å². The van der Waals surface area contributed by atoms with Crippen LogP contribution in [0, 0.1) is 6.07 Å². The lowest BCUT2D eigenvalue weighted by Crippen LogP contribution is -1.99. The standard InChI is InChI=1S/C12H9BrN/c13-14(11-7-3-1-4-8-11)12-9-5-2-6-10-12/h1-9H. The van der Waals surface area contributed by atoms with Crippen molar-refractivity contribution in [3.63, 3.8) is 0 Å². The Hall–Kier alpha value is -1.28. The van der Waals surface area contributed by atoms with Crippen LogP contribution >= 0.6 is 16.1 Å². The lowest BCUT2D eigenvalue weighted by Gasteiger charge is -2.15. The first-order chi connectivity index (χ1) is 6.88. The van der Waals surface area contributed by atoms with Crippen LogP contribution in [0.1, 0.15) is 0 Å². The first-order valence-corrected chi connectivity index (χ1v) is 5.06. The largest absolute Gasteiger partial charge is 0.276 e. The number of halogens is 1. The smallest absolute Gasteiger partial charge is 0.0604 e. The summed E-state index contributed by atoms with van der Waals surface area (Å²) in [5.41, 5.74) is 2.09. The van der Waals surface area contributed by atoms with Gasteiger partial charge in [-0.1, -0.05) is 36.4 Å². The van der Waals surface area contributed by atoms with Crippen molar-refractivity contribution in [1.82, 2.24) is 0 Å². The zero-order valence-electron chi connectivity index (χ0n) is 7.52. The summed E-state index contributed by atoms with van der Waals surface area (Å²) in [7, 11) is 0. The van der Waals surface area contributed by atoms with Gasteiger partial charge in [-0.15, -0.1) is 0 Å². The van der Waals surface area contributed by atoms with Crippen LogP contribution in [0.25, 0.3) is 0 Å². The number of anilines is 2. The molecule has 0 bridgehead atoms. The molecule has 2 heteroatoms. The summed E-state index contributed by atoms with van der Waals surface area (Å²) >= 11 is 3.50. The fraction of sp³-hybridized carbons (Fsp3) is 0. The van der Waals surface area contributed by atoms with Gasteiger partial charge < -0.3 is 0 Å². The quantitative estimate of drug-likeness (QED) is 0.726. The summed E-state index contributed by atoms with van der Waals surface area (Å²) in [6.07, 6.45) is 0. The molecule has 2 rings (SSSR count). The molecule has 0 spiro atoms. The maximum absolute atomic E-state index is 3.50. The molecule has 2 aromatic carbocycles. The number of nitrogens with zero attached hydrogens (tertiary/aromatic N) is 1. The van der Waals surface area contributed by atoms with Gasteiger partial charge >= 0.3 is 0 Å². The molecule has 69 valence electrons. The molecule has 0 aromatic heterocycles. The summed E-state index contributed by atoms with van der Waals surface area (Å²) in [6, 6.07) is 21.1. The Bertz CT molecular complexity index is 346. The van der Waals surface area contributed by atoms with Gasteiger partial charge in [0.25, 0.3) is 0 Å². The molecule has 0 saturated carbocycles. The first-order valence-electron chi connectivity index (χ1n) is 4.35. The van der Waals surface area contributed by atoms with Crippen LogP contribution in [-0.4, -0.2) is 0 Å². The van der Waals surface area contributed by atoms with Gasteiger partial charge in [0.1, 0.15) is 0 Å². The SMILES string of the molecule is BrN(c1[c]cccc1)c1ccccc1. The normalized spacial score (nSPS) is 9.79. The van der Waals surface area contributed by atoms with Crippen LogP contribution in [0.2, 0.25) is 0 Å². The molecule has 0 saturated heterocycles. The maximum atomic E-state index is 3.50. The van der Waals surface area contributed by atoms with Gasteiger partial charge in [-0.25, -0.2) is 0 Å². The van der Waals surface area contributed by atoms with Crippen molar-refractivity contribution in [1.29, 1.82) is 0 Å². The second-order valence-corrected chi connectivity index (χ2v) is 3.57. The average Bonchev–Trinajstić information content (AvgIpc) is 2.30. The summed E-state index contributed by atoms with van der Waals surface area (Å²) < 4.78 is 1.92. The summed E-state index contributed by atoms with van der Waals surface area (Å²) in [5, 5.41) is 0. The Balaban J connectivity index is 2.30. The van der Waals surface area contributed by atoms with Crippen LogP contribution in [0.15, 0.2) is 54.6 Å². The van der Waals surface area contributed by atoms with Crippen molar-refractivity contribution in [2.75, 3.05) is 3.93 Å². The van der Waals surface area contributed by atoms with E-state index in [9.17, 15) is 0 Å². The molecule has 0 fully saturated rings. The molecular weight excluding hydrogens is 238 g/mol. The molecule has 0 atom stereocenters. The number of hydrogen-bond acceptors (Lipinski definition) is 1. The highest BCUT2D eigenvalue weighted by molar-refractivity contribution is 9.10. The molecule has 0 N–H and O–H groups in total. The second kappa shape index (κ2) is 4.29. The summed E-state index contributed by atoms with van der Waals surface area (Å²) in [5.74, 6) is 0. The average molecular weight is 247 g/mol. The molecular formula is C12H9BrN. The van der Waals surface area contributed by atoms with Crippen LogP contribution in [0.3, 0.4) is 0 Å². The molecule has 0 heterocycles. The zero-order chi connectivity index (χ0) is 9.80. The third-order valence-corrected chi connectivity index (χ3v) is 2.68. The van der Waals surface area contributed by atoms with E-state index in [2.05, 4.69) is 22.2 Å². The van der Waals surface area contributed by atoms with Crippen molar-refractivity contribution in [2.45, 2.75) is 0 Å². The number of rotatable bonds is 2. The Labute approximate surface area is 92.3 Å². The van der Waals surface area contributed by atoms with Gasteiger partial charge in [0.05, 0.1) is 27.5 Å². The Morgan fingerprint density at radius 1 is 0.929 bits per heavy atom. The number of para-hydroxylation sites is 2. The minimum atomic E-state index is 0.999. The zero-order valence-corrected chi connectivity index (χ0v) is 9.11. The highest BCUT2D eigenvalue weighted by atomic mass is 79.9. The van der Waals surface area contributed by atoms with Crippen LogP contribution in [0.4, 0.5) is 11.4 Å². The minimum Gasteiger partial charge on any atom is -0.276 e. The molecule has 0 unspecified atom stereocenters. The Morgan fingerprint density at radius 3 is 2.29 bits per heavy atom. The molecule has 0 amide bonds. The Morgan fingerprint density at radius 2 is 1.64 bits per heavy atom. The highest BCUT2D eigenvalue weighted by Gasteiger charge is 2.03. The molecule has 0 aliphatic carbocycles. The second-order valence-electron chi connectivity index (χ2n) is 2.86. The van der Waals surface area contributed by atoms with E-state index in [1.54, 1.807) is 0 Å². The van der Waals surface area contributed by atoms with Crippen LogP contribution < -0.4 is 3.93 Å². The third kappa shape index (κ3) is 1.96. The van der Waals surface area contributed by atoms with E-state index in [1.165, 1.54) is 0 Å². The first kappa shape index (κ1) is 9.28. The van der Waals surface area contributed by atoms with Crippen molar-refractivity contribution < 1.29 is 0 Å². The van der Waals surface area contributed by atoms with Crippen LogP contribution in [-0.2, 0) is 0 Å². The summed E-state index contributed by atoms with van der Waals surface area (Å²) in [4.78, 5) is 0. The van der Waals surface area contributed by atoms with Gasteiger partial charge in [-0.2, -0.15) is 0 Å². The topological polar surface area (TPSA) is 3.24 Å². The molecule has 1 radical (unpaired) electrons. The van der Waals surface area contributed by atoms with Crippen molar-refractivity contribution in [3.05, 3.63) is 60.7 Å². The van der Waals surface area contributed by atoms with Gasteiger partial charge in [0.15, 0.2) is 0 Å². The van der Waals surface area contributed by atoms with E-state index in [0.717, 1.165) is 11.4 Å². The van der Waals surface area contributed by atoms with Crippen molar-refractivity contribution >= 4 is 27.5 Å². The van der Waals surface area contributed by atoms with E-state index >= 15 is 0 Å². The van der Waals surface area contributed by atoms with Crippen LogP contribution in [0.5, 0.6) is 0 Å². The lowest BCUT2D eigenvalue weighted by atomic mass is 10.3. The third-order valence-electron chi connectivity index (χ3n) is 1.89. The van der Waals surface area contributed by atoms with E-state index in [0.29, 0.717) is 0 Å². The Kier molecular flexibility index (Phi) is 2.84. The molecule has 14 heavy (non-hydrogen) atoms. The molecule has 1 nitrogen and oxygen atoms in total. The molecule has 2 aromatic rings. The highest BCUT2D eigenvalue weighted by Crippen LogP contribution is 2.27. The molecule has 0 aliphatic rings. The predicted molar refractivity (Wildman–Crippen MR) is 62.8 cm³/mol. The number of hydrogen-bond donors (Lipinski definition) is 0. The van der Waals surface area contributed by atoms with E-state index in [4.69, 9.17) is 0 Å². The summed E-state index contributed by atoms with van der Waals surface area (Å²) in [6.45, 7) is 0. The van der Waals surface area contributed by atoms with Gasteiger partial charge in [0.2, 0.25) is 0 Å². The van der Waals surface area contributed by atoms with Gasteiger partial charge in [-0.05, 0) is 18.2 Å². The van der Waals surface area contributed by atoms with E-state index < -0.39 is 0 Å². The maximum Gasteiger partial charge on any atom is 0.0604 e. The fourth-order valence-corrected chi connectivity index (χ4v) is 1.66.